The van der Waals surface area contributed by atoms with E-state index in [0.29, 0.717) is 173 Å². The van der Waals surface area contributed by atoms with Gasteiger partial charge in [-0.15, -0.1) is 0 Å². The molecule has 4 atom stereocenters. The highest BCUT2D eigenvalue weighted by atomic mass is 16.6. The number of nitrogens with one attached hydrogen (secondary N) is 4. The number of hydrogen-bond acceptors (Lipinski definition) is 22. The number of morpholine rings is 1. The number of nitrogens with zero attached hydrogens (tertiary/aromatic N) is 10. The molecular weight excluding hydrogens is 1850 g/mol. The molecular formula is C112H120N14O19. The van der Waals surface area contributed by atoms with Crippen LogP contribution in [0.1, 0.15) is 210 Å². The molecule has 11 aliphatic rings. The zero-order valence-electron chi connectivity index (χ0n) is 81.1. The minimum Gasteiger partial charge on any atom is -0.489 e. The summed E-state index contributed by atoms with van der Waals surface area (Å²) in [5, 5.41) is 22.3. The number of rotatable bonds is 23. The standard InChI is InChI=1S/C28H30N6O3.C28H31N3O5.C28H26N2O4.C26H27N3O5.CH2O2.CH4/c1-18-6-11-24(27(35)29-18)33-15-23-22(28(33)36)4-3-5-25(23)37-17-21-9-7-20(8-10-21)14-32-12-13-34-26(16-32)30-19(2)31-34;1-17-8-11-23(25(32)29-17)31-15-22-21(26(31)33)6-5-7-24(22)35-16-18-9-10-19-13-30(14-20(19)12-18)27(34)36-28(2,3)4;1-19-10-15-25(27(31)29-19)30-16-24-23(28(30)32)8-5-9-26(24)34-18-21-13-11-20(12-14-21)17-33-22-6-3-2-4-7-22;1-17-5-10-21(24(30)27-17)29-25(31)20-3-2-4-22(23(20)26(29)32)34-16-19-8-6-18(7-9-19)15-28-11-13-33-14-12-28;2-1-3;/h3-5,7-10,24H,1,6,11-17H2,2H3,(H,29,35);5-7,9-10,12,23H,1,8,11,13-16H2,2-4H3,(H,29,32);2-9,11-14,25H,1,10,15-18H2,(H,29,31);2-4,6-9,21H,1,5,10-16H2,(H,27,30);1H,(H,2,3);1H4/t24-;;;;;/m0...../s1. The van der Waals surface area contributed by atoms with Crippen molar-refractivity contribution in [2.45, 2.75) is 208 Å². The van der Waals surface area contributed by atoms with Crippen LogP contribution in [0.2, 0.25) is 0 Å². The van der Waals surface area contributed by atoms with Crippen LogP contribution in [0, 0.1) is 6.92 Å². The second-order valence-corrected chi connectivity index (χ2v) is 38.0. The van der Waals surface area contributed by atoms with E-state index in [1.54, 1.807) is 56.0 Å². The number of aryl methyl sites for hydroxylation is 1. The highest BCUT2D eigenvalue weighted by Gasteiger charge is 2.47. The summed E-state index contributed by atoms with van der Waals surface area (Å²) in [5.74, 6) is 2.76. The van der Waals surface area contributed by atoms with Gasteiger partial charge in [-0.3, -0.25) is 67.5 Å². The zero-order valence-corrected chi connectivity index (χ0v) is 81.1. The van der Waals surface area contributed by atoms with Gasteiger partial charge in [-0.25, -0.2) is 14.5 Å². The molecule has 0 radical (unpaired) electrons. The Bertz CT molecular complexity index is 6630. The smallest absolute Gasteiger partial charge is 0.410 e. The Morgan fingerprint density at radius 1 is 0.428 bits per heavy atom. The van der Waals surface area contributed by atoms with E-state index in [9.17, 15) is 47.9 Å². The van der Waals surface area contributed by atoms with Gasteiger partial charge in [0.05, 0.1) is 57.1 Å². The lowest BCUT2D eigenvalue weighted by Crippen LogP contribution is -2.51. The van der Waals surface area contributed by atoms with Crippen molar-refractivity contribution in [1.29, 1.82) is 0 Å². The predicted molar refractivity (Wildman–Crippen MR) is 537 cm³/mol. The topological polar surface area (TPSA) is 374 Å². The van der Waals surface area contributed by atoms with Crippen molar-refractivity contribution in [3.8, 4) is 28.7 Å². The van der Waals surface area contributed by atoms with E-state index in [0.717, 1.165) is 137 Å². The molecule has 752 valence electrons. The lowest BCUT2D eigenvalue weighted by atomic mass is 10.0. The molecule has 10 amide bonds. The minimum absolute atomic E-state index is 0. The zero-order chi connectivity index (χ0) is 101. The quantitative estimate of drug-likeness (QED) is 0.0293. The monoisotopic (exact) mass is 1960 g/mol. The van der Waals surface area contributed by atoms with Gasteiger partial charge < -0.3 is 74.2 Å². The Labute approximate surface area is 841 Å². The molecule has 1 aromatic heterocycles. The molecule has 0 bridgehead atoms. The number of carbonyl (C=O) groups is 11. The van der Waals surface area contributed by atoms with E-state index in [2.05, 4.69) is 110 Å². The molecule has 0 aliphatic carbocycles. The van der Waals surface area contributed by atoms with E-state index < -0.39 is 41.6 Å². The third-order valence-corrected chi connectivity index (χ3v) is 26.7. The summed E-state index contributed by atoms with van der Waals surface area (Å²) in [6.45, 7) is 34.2. The largest absolute Gasteiger partial charge is 0.489 e. The molecule has 10 aromatic rings. The summed E-state index contributed by atoms with van der Waals surface area (Å²) in [5.41, 5.74) is 16.6. The van der Waals surface area contributed by atoms with Gasteiger partial charge in [0.15, 0.2) is 0 Å². The molecule has 3 unspecified atom stereocenters. The normalized spacial score (nSPS) is 18.8. The van der Waals surface area contributed by atoms with E-state index in [-0.39, 0.29) is 79.1 Å². The van der Waals surface area contributed by atoms with Crippen LogP contribution >= 0.6 is 0 Å². The first-order valence-electron chi connectivity index (χ1n) is 48.3. The van der Waals surface area contributed by atoms with Crippen molar-refractivity contribution in [3.05, 3.63) is 349 Å². The Kier molecular flexibility index (Phi) is 32.1. The molecule has 5 N–H and O–H groups in total. The number of amides is 10. The molecule has 0 spiro atoms. The van der Waals surface area contributed by atoms with Crippen LogP contribution in [-0.2, 0) is 125 Å². The fourth-order valence-electron chi connectivity index (χ4n) is 19.3. The number of carbonyl (C=O) groups excluding carboxylic acids is 10. The Balaban J connectivity index is 0.000000137. The summed E-state index contributed by atoms with van der Waals surface area (Å²) < 4.78 is 43.1. The molecule has 33 heteroatoms. The maximum Gasteiger partial charge on any atom is 0.410 e. The van der Waals surface area contributed by atoms with Crippen LogP contribution in [-0.4, -0.2) is 183 Å². The van der Waals surface area contributed by atoms with Gasteiger partial charge in [-0.1, -0.05) is 167 Å². The van der Waals surface area contributed by atoms with Gasteiger partial charge >= 0.3 is 6.09 Å². The Morgan fingerprint density at radius 3 is 1.26 bits per heavy atom. The van der Waals surface area contributed by atoms with Crippen LogP contribution in [0.15, 0.2) is 243 Å². The minimum atomic E-state index is -0.843. The Hall–Kier alpha value is -15.9. The van der Waals surface area contributed by atoms with Crippen molar-refractivity contribution >= 4 is 65.7 Å². The van der Waals surface area contributed by atoms with E-state index in [1.807, 2.05) is 148 Å². The fourth-order valence-corrected chi connectivity index (χ4v) is 19.3. The van der Waals surface area contributed by atoms with Gasteiger partial charge in [0.25, 0.3) is 36.0 Å². The van der Waals surface area contributed by atoms with Gasteiger partial charge in [0.1, 0.15) is 103 Å². The summed E-state index contributed by atoms with van der Waals surface area (Å²) in [6.07, 6.45) is 4.31. The highest BCUT2D eigenvalue weighted by molar-refractivity contribution is 6.24. The number of imide groups is 1. The predicted octanol–water partition coefficient (Wildman–Crippen LogP) is 14.6. The number of benzene rings is 9. The van der Waals surface area contributed by atoms with Gasteiger partial charge in [0, 0.05) is 102 Å². The molecule has 9 aromatic carbocycles. The van der Waals surface area contributed by atoms with Crippen molar-refractivity contribution in [1.82, 2.24) is 70.3 Å². The molecule has 145 heavy (non-hydrogen) atoms. The SMILES string of the molecule is C.C=C1CCC(N2C(=O)c3cccc(OCc4ccc(CN5CCOCC5)cc4)c3C2=O)C(=O)N1.C=C1CCC(N2Cc3c(OCc4ccc(COc5ccccc5)cc4)cccc3C2=O)C(=O)N1.C=C1CCC(N2Cc3c(OCc4ccc5c(c4)CN(C(=O)OC(C)(C)C)C5)cccc3C2=O)C(=O)N1.C=C1CC[C@H](N2Cc3c(OCc4ccc(CN5CCn6nc(C)nc6C5)cc4)cccc3C2=O)C(=O)N1.O=CO. The van der Waals surface area contributed by atoms with Crippen molar-refractivity contribution in [2.75, 3.05) is 32.8 Å². The first kappa shape index (κ1) is 102. The van der Waals surface area contributed by atoms with E-state index in [4.69, 9.17) is 43.1 Å². The van der Waals surface area contributed by atoms with Crippen molar-refractivity contribution in [2.24, 2.45) is 0 Å². The molecule has 5 fully saturated rings. The second kappa shape index (κ2) is 45.6. The third kappa shape index (κ3) is 24.2. The maximum atomic E-state index is 13.2. The van der Waals surface area contributed by atoms with Crippen LogP contribution in [0.3, 0.4) is 0 Å². The van der Waals surface area contributed by atoms with Gasteiger partial charge in [-0.05, 0) is 190 Å². The number of fused-ring (bicyclic) bond motifs is 6. The van der Waals surface area contributed by atoms with Gasteiger partial charge in [0.2, 0.25) is 23.6 Å². The number of allylic oxidation sites excluding steroid dienone is 4. The first-order chi connectivity index (χ1) is 69.5. The average Bonchev–Trinajstić information content (AvgIpc) is 1.60. The number of carboxylic acid groups (broad SMARTS) is 1. The summed E-state index contributed by atoms with van der Waals surface area (Å²) >= 11 is 0. The average molecular weight is 1970 g/mol. The maximum absolute atomic E-state index is 13.2. The van der Waals surface area contributed by atoms with Crippen molar-refractivity contribution < 1.29 is 91.0 Å². The lowest BCUT2D eigenvalue weighted by Gasteiger charge is -2.31. The molecule has 11 aliphatic heterocycles. The number of hydrogen-bond donors (Lipinski definition) is 5. The van der Waals surface area contributed by atoms with Gasteiger partial charge in [-0.2, -0.15) is 5.10 Å². The van der Waals surface area contributed by atoms with E-state index in [1.165, 1.54) is 11.1 Å². The lowest BCUT2D eigenvalue weighted by molar-refractivity contribution is -0.127. The summed E-state index contributed by atoms with van der Waals surface area (Å²) in [6, 6.07) is 59.7. The second-order valence-electron chi connectivity index (χ2n) is 38.0. The van der Waals surface area contributed by atoms with Crippen molar-refractivity contribution in [3.63, 3.8) is 0 Å². The Morgan fingerprint density at radius 2 is 0.814 bits per heavy atom. The van der Waals surface area contributed by atoms with E-state index >= 15 is 0 Å². The summed E-state index contributed by atoms with van der Waals surface area (Å²) in [4.78, 5) is 153. The number of para-hydroxylation sites is 1. The third-order valence-electron chi connectivity index (χ3n) is 26.7. The van der Waals surface area contributed by atoms with Crippen LogP contribution in [0.25, 0.3) is 0 Å². The molecule has 12 heterocycles. The number of aromatic nitrogens is 3. The van der Waals surface area contributed by atoms with Crippen LogP contribution < -0.4 is 45.0 Å². The first-order valence-corrected chi connectivity index (χ1v) is 48.3. The van der Waals surface area contributed by atoms with Crippen LogP contribution in [0.4, 0.5) is 4.79 Å². The molecule has 0 saturated carbocycles. The number of piperidine rings is 4. The highest BCUT2D eigenvalue weighted by Crippen LogP contribution is 2.41. The summed E-state index contributed by atoms with van der Waals surface area (Å²) in [7, 11) is 0. The van der Waals surface area contributed by atoms with Crippen LogP contribution in [0.5, 0.6) is 28.7 Å². The number of ether oxygens (including phenoxy) is 7. The molecule has 33 nitrogen and oxygen atoms in total. The molecule has 5 saturated heterocycles. The molecule has 21 rings (SSSR count). The fraction of sp³-hybridized carbons (Fsp3) is 0.330.